The lowest BCUT2D eigenvalue weighted by atomic mass is 10.0. The first-order valence-electron chi connectivity index (χ1n) is 7.20. The van der Waals surface area contributed by atoms with Gasteiger partial charge in [0.05, 0.1) is 18.2 Å². The van der Waals surface area contributed by atoms with Gasteiger partial charge in [-0.05, 0) is 24.2 Å². The second kappa shape index (κ2) is 6.77. The van der Waals surface area contributed by atoms with Gasteiger partial charge in [-0.3, -0.25) is 4.90 Å². The average molecular weight is 302 g/mol. The van der Waals surface area contributed by atoms with Crippen molar-refractivity contribution in [1.29, 1.82) is 0 Å². The van der Waals surface area contributed by atoms with Crippen LogP contribution in [0.25, 0.3) is 0 Å². The zero-order valence-electron chi connectivity index (χ0n) is 12.1. The summed E-state index contributed by atoms with van der Waals surface area (Å²) < 4.78 is 37.7. The fourth-order valence-corrected chi connectivity index (χ4v) is 2.72. The van der Waals surface area contributed by atoms with E-state index in [0.29, 0.717) is 0 Å². The van der Waals surface area contributed by atoms with E-state index in [0.717, 1.165) is 50.4 Å². The summed E-state index contributed by atoms with van der Waals surface area (Å²) in [6, 6.07) is 4.87. The van der Waals surface area contributed by atoms with Crippen LogP contribution >= 0.6 is 0 Å². The molecule has 1 aromatic carbocycles. The van der Waals surface area contributed by atoms with Crippen LogP contribution in [0.15, 0.2) is 24.3 Å². The largest absolute Gasteiger partial charge is 0.416 e. The zero-order chi connectivity index (χ0) is 15.5. The summed E-state index contributed by atoms with van der Waals surface area (Å²) in [5.41, 5.74) is 0.0780. The lowest BCUT2D eigenvalue weighted by Crippen LogP contribution is -2.48. The van der Waals surface area contributed by atoms with E-state index < -0.39 is 11.7 Å². The van der Waals surface area contributed by atoms with E-state index >= 15 is 0 Å². The standard InChI is InChI=1S/C15H21F3N2O/c1-2-19-7-9-20(10-8-19)14(11-21)12-3-5-13(6-4-12)15(16,17)18/h3-6,14,21H,2,7-11H2,1H3. The smallest absolute Gasteiger partial charge is 0.394 e. The molecule has 0 saturated carbocycles. The number of hydrogen-bond acceptors (Lipinski definition) is 3. The van der Waals surface area contributed by atoms with Crippen molar-refractivity contribution >= 4 is 0 Å². The number of aliphatic hydroxyl groups excluding tert-OH is 1. The van der Waals surface area contributed by atoms with Gasteiger partial charge < -0.3 is 10.0 Å². The molecule has 1 atom stereocenters. The maximum atomic E-state index is 12.6. The number of hydrogen-bond donors (Lipinski definition) is 1. The highest BCUT2D eigenvalue weighted by atomic mass is 19.4. The highest BCUT2D eigenvalue weighted by Crippen LogP contribution is 2.31. The van der Waals surface area contributed by atoms with Crippen molar-refractivity contribution in [3.05, 3.63) is 35.4 Å². The number of rotatable bonds is 4. The number of halogens is 3. The summed E-state index contributed by atoms with van der Waals surface area (Å²) in [5.74, 6) is 0. The van der Waals surface area contributed by atoms with Crippen molar-refractivity contribution in [2.24, 2.45) is 0 Å². The molecule has 1 saturated heterocycles. The van der Waals surface area contributed by atoms with Gasteiger partial charge in [-0.25, -0.2) is 0 Å². The normalized spacial score (nSPS) is 19.7. The second-order valence-corrected chi connectivity index (χ2v) is 5.29. The van der Waals surface area contributed by atoms with Crippen LogP contribution in [-0.2, 0) is 6.18 Å². The highest BCUT2D eigenvalue weighted by molar-refractivity contribution is 5.27. The first-order valence-corrected chi connectivity index (χ1v) is 7.20. The summed E-state index contributed by atoms with van der Waals surface area (Å²) in [7, 11) is 0. The Balaban J connectivity index is 2.07. The first kappa shape index (κ1) is 16.3. The molecule has 0 spiro atoms. The molecule has 118 valence electrons. The minimum atomic E-state index is -4.32. The number of aliphatic hydroxyl groups is 1. The van der Waals surface area contributed by atoms with Crippen LogP contribution in [0.2, 0.25) is 0 Å². The SMILES string of the molecule is CCN1CCN(C(CO)c2ccc(C(F)(F)F)cc2)CC1. The molecule has 1 N–H and O–H groups in total. The lowest BCUT2D eigenvalue weighted by Gasteiger charge is -2.38. The fourth-order valence-electron chi connectivity index (χ4n) is 2.72. The van der Waals surface area contributed by atoms with Gasteiger partial charge in [0, 0.05) is 26.2 Å². The summed E-state index contributed by atoms with van der Waals surface area (Å²) >= 11 is 0. The molecule has 1 heterocycles. The highest BCUT2D eigenvalue weighted by Gasteiger charge is 2.31. The number of benzene rings is 1. The van der Waals surface area contributed by atoms with Crippen LogP contribution in [-0.4, -0.2) is 54.2 Å². The van der Waals surface area contributed by atoms with Crippen molar-refractivity contribution in [2.75, 3.05) is 39.3 Å². The van der Waals surface area contributed by atoms with Gasteiger partial charge >= 0.3 is 6.18 Å². The number of nitrogens with zero attached hydrogens (tertiary/aromatic N) is 2. The van der Waals surface area contributed by atoms with Gasteiger partial charge in [0.15, 0.2) is 0 Å². The average Bonchev–Trinajstić information content (AvgIpc) is 2.48. The van der Waals surface area contributed by atoms with Crippen LogP contribution < -0.4 is 0 Å². The molecule has 0 aliphatic carbocycles. The zero-order valence-corrected chi connectivity index (χ0v) is 12.1. The maximum absolute atomic E-state index is 12.6. The molecule has 1 aromatic rings. The van der Waals surface area contributed by atoms with Crippen LogP contribution in [0, 0.1) is 0 Å². The molecule has 0 aromatic heterocycles. The van der Waals surface area contributed by atoms with Crippen molar-refractivity contribution in [3.8, 4) is 0 Å². The number of alkyl halides is 3. The molecule has 2 rings (SSSR count). The van der Waals surface area contributed by atoms with Crippen LogP contribution in [0.4, 0.5) is 13.2 Å². The van der Waals surface area contributed by atoms with Gasteiger partial charge in [-0.2, -0.15) is 13.2 Å². The van der Waals surface area contributed by atoms with E-state index in [-0.39, 0.29) is 12.6 Å². The fraction of sp³-hybridized carbons (Fsp3) is 0.600. The van der Waals surface area contributed by atoms with E-state index in [9.17, 15) is 18.3 Å². The Bertz CT molecular complexity index is 439. The molecule has 1 aliphatic heterocycles. The summed E-state index contributed by atoms with van der Waals surface area (Å²) in [5, 5.41) is 9.61. The second-order valence-electron chi connectivity index (χ2n) is 5.29. The number of piperazine rings is 1. The topological polar surface area (TPSA) is 26.7 Å². The quantitative estimate of drug-likeness (QED) is 0.925. The van der Waals surface area contributed by atoms with Crippen LogP contribution in [0.1, 0.15) is 24.1 Å². The molecule has 1 unspecified atom stereocenters. The number of likely N-dealkylation sites (N-methyl/N-ethyl adjacent to an activating group) is 1. The van der Waals surface area contributed by atoms with Gasteiger partial charge in [0.25, 0.3) is 0 Å². The predicted octanol–water partition coefficient (Wildman–Crippen LogP) is 2.38. The molecule has 6 heteroatoms. The molecule has 1 aliphatic rings. The van der Waals surface area contributed by atoms with Gasteiger partial charge in [0.2, 0.25) is 0 Å². The Morgan fingerprint density at radius 3 is 2.10 bits per heavy atom. The van der Waals surface area contributed by atoms with Gasteiger partial charge in [0.1, 0.15) is 0 Å². The molecule has 3 nitrogen and oxygen atoms in total. The van der Waals surface area contributed by atoms with Crippen molar-refractivity contribution in [1.82, 2.24) is 9.80 Å². The first-order chi connectivity index (χ1) is 9.95. The van der Waals surface area contributed by atoms with E-state index in [4.69, 9.17) is 0 Å². The Morgan fingerprint density at radius 1 is 1.10 bits per heavy atom. The molecule has 21 heavy (non-hydrogen) atoms. The third kappa shape index (κ3) is 3.96. The van der Waals surface area contributed by atoms with Gasteiger partial charge in [-0.15, -0.1) is 0 Å². The Hall–Kier alpha value is -1.11. The lowest BCUT2D eigenvalue weighted by molar-refractivity contribution is -0.137. The summed E-state index contributed by atoms with van der Waals surface area (Å²) in [6.07, 6.45) is -4.32. The molecule has 1 fully saturated rings. The Kier molecular flexibility index (Phi) is 5.24. The monoisotopic (exact) mass is 302 g/mol. The van der Waals surface area contributed by atoms with Crippen molar-refractivity contribution < 1.29 is 18.3 Å². The predicted molar refractivity (Wildman–Crippen MR) is 75.0 cm³/mol. The van der Waals surface area contributed by atoms with E-state index in [1.807, 2.05) is 0 Å². The summed E-state index contributed by atoms with van der Waals surface area (Å²) in [4.78, 5) is 4.45. The molecule has 0 amide bonds. The van der Waals surface area contributed by atoms with Crippen LogP contribution in [0.3, 0.4) is 0 Å². The van der Waals surface area contributed by atoms with Crippen molar-refractivity contribution in [2.45, 2.75) is 19.1 Å². The minimum absolute atomic E-state index is 0.0858. The Morgan fingerprint density at radius 2 is 1.67 bits per heavy atom. The molecule has 0 bridgehead atoms. The van der Waals surface area contributed by atoms with Gasteiger partial charge in [-0.1, -0.05) is 19.1 Å². The van der Waals surface area contributed by atoms with E-state index in [1.165, 1.54) is 12.1 Å². The van der Waals surface area contributed by atoms with Crippen LogP contribution in [0.5, 0.6) is 0 Å². The summed E-state index contributed by atoms with van der Waals surface area (Å²) in [6.45, 7) is 6.51. The van der Waals surface area contributed by atoms with E-state index in [1.54, 1.807) is 0 Å². The Labute approximate surface area is 123 Å². The molecular weight excluding hydrogens is 281 g/mol. The van der Waals surface area contributed by atoms with E-state index in [2.05, 4.69) is 16.7 Å². The third-order valence-corrected chi connectivity index (χ3v) is 4.09. The molecular formula is C15H21F3N2O. The minimum Gasteiger partial charge on any atom is -0.394 e. The third-order valence-electron chi connectivity index (χ3n) is 4.09. The van der Waals surface area contributed by atoms with Crippen molar-refractivity contribution in [3.63, 3.8) is 0 Å². The molecule has 0 radical (unpaired) electrons. The maximum Gasteiger partial charge on any atom is 0.416 e.